The summed E-state index contributed by atoms with van der Waals surface area (Å²) in [6, 6.07) is 5.19. The zero-order valence-corrected chi connectivity index (χ0v) is 12.2. The summed E-state index contributed by atoms with van der Waals surface area (Å²) in [4.78, 5) is 12.1. The molecule has 2 rings (SSSR count). The highest BCUT2D eigenvalue weighted by molar-refractivity contribution is 6.31. The molecule has 0 radical (unpaired) electrons. The second kappa shape index (κ2) is 6.30. The maximum absolute atomic E-state index is 12.1. The van der Waals surface area contributed by atoms with Crippen molar-refractivity contribution in [3.63, 3.8) is 0 Å². The van der Waals surface area contributed by atoms with Gasteiger partial charge >= 0.3 is 0 Å². The fourth-order valence-electron chi connectivity index (χ4n) is 2.57. The summed E-state index contributed by atoms with van der Waals surface area (Å²) in [6.45, 7) is 1.89. The molecule has 0 aliphatic heterocycles. The number of hydrogen-bond donors (Lipinski definition) is 2. The number of amides is 1. The zero-order chi connectivity index (χ0) is 14.7. The van der Waals surface area contributed by atoms with E-state index in [2.05, 4.69) is 11.2 Å². The molecule has 0 heterocycles. The number of carbonyl (C=O) groups is 1. The zero-order valence-electron chi connectivity index (χ0n) is 11.4. The smallest absolute Gasteiger partial charge is 0.223 e. The second-order valence-electron chi connectivity index (χ2n) is 5.27. The van der Waals surface area contributed by atoms with Crippen LogP contribution in [0, 0.1) is 18.3 Å². The first-order valence-corrected chi connectivity index (χ1v) is 7.13. The van der Waals surface area contributed by atoms with E-state index in [0.717, 1.165) is 17.5 Å². The van der Waals surface area contributed by atoms with Crippen molar-refractivity contribution in [3.05, 3.63) is 34.3 Å². The number of carbonyl (C=O) groups excluding carboxylic acids is 1. The largest absolute Gasteiger partial charge is 0.393 e. The number of nitrogens with one attached hydrogen (secondary N) is 1. The summed E-state index contributed by atoms with van der Waals surface area (Å²) in [5.41, 5.74) is 1.56. The van der Waals surface area contributed by atoms with Gasteiger partial charge in [0.2, 0.25) is 5.91 Å². The van der Waals surface area contributed by atoms with Gasteiger partial charge in [0.15, 0.2) is 0 Å². The Labute approximate surface area is 124 Å². The topological polar surface area (TPSA) is 49.3 Å². The van der Waals surface area contributed by atoms with Gasteiger partial charge < -0.3 is 10.4 Å². The van der Waals surface area contributed by atoms with Crippen LogP contribution in [0.15, 0.2) is 18.2 Å². The highest BCUT2D eigenvalue weighted by Gasteiger charge is 2.29. The van der Waals surface area contributed by atoms with Crippen LogP contribution in [0.25, 0.3) is 0 Å². The number of hydrogen-bond acceptors (Lipinski definition) is 2. The molecule has 0 unspecified atom stereocenters. The molecule has 106 valence electrons. The van der Waals surface area contributed by atoms with Gasteiger partial charge in [-0.3, -0.25) is 4.79 Å². The number of aliphatic hydroxyl groups is 1. The van der Waals surface area contributed by atoms with Gasteiger partial charge in [-0.1, -0.05) is 23.6 Å². The van der Waals surface area contributed by atoms with Crippen LogP contribution in [0.3, 0.4) is 0 Å². The molecule has 3 atom stereocenters. The maximum Gasteiger partial charge on any atom is 0.223 e. The fraction of sp³-hybridized carbons (Fsp3) is 0.438. The van der Waals surface area contributed by atoms with Gasteiger partial charge in [-0.25, -0.2) is 0 Å². The number of halogens is 1. The summed E-state index contributed by atoms with van der Waals surface area (Å²) in [6.07, 6.45) is 6.95. The van der Waals surface area contributed by atoms with E-state index in [9.17, 15) is 9.90 Å². The molecule has 0 saturated heterocycles. The van der Waals surface area contributed by atoms with Crippen LogP contribution >= 0.6 is 11.6 Å². The third-order valence-corrected chi connectivity index (χ3v) is 4.10. The number of benzene rings is 1. The van der Waals surface area contributed by atoms with Crippen molar-refractivity contribution in [1.82, 2.24) is 5.32 Å². The summed E-state index contributed by atoms with van der Waals surface area (Å²) in [5, 5.41) is 13.0. The van der Waals surface area contributed by atoms with Crippen molar-refractivity contribution in [2.24, 2.45) is 5.92 Å². The quantitative estimate of drug-likeness (QED) is 0.841. The van der Waals surface area contributed by atoms with Gasteiger partial charge in [0, 0.05) is 16.5 Å². The lowest BCUT2D eigenvalue weighted by Crippen LogP contribution is -2.32. The highest BCUT2D eigenvalue weighted by atomic mass is 35.5. The van der Waals surface area contributed by atoms with Crippen molar-refractivity contribution in [1.29, 1.82) is 0 Å². The minimum Gasteiger partial charge on any atom is -0.393 e. The third kappa shape index (κ3) is 3.33. The second-order valence-corrected chi connectivity index (χ2v) is 5.68. The Morgan fingerprint density at radius 1 is 1.55 bits per heavy atom. The van der Waals surface area contributed by atoms with Crippen molar-refractivity contribution in [3.8, 4) is 12.3 Å². The van der Waals surface area contributed by atoms with Crippen LogP contribution in [0.5, 0.6) is 0 Å². The van der Waals surface area contributed by atoms with Gasteiger partial charge in [-0.2, -0.15) is 0 Å². The van der Waals surface area contributed by atoms with E-state index < -0.39 is 0 Å². The van der Waals surface area contributed by atoms with E-state index >= 15 is 0 Å². The molecule has 1 aromatic rings. The van der Waals surface area contributed by atoms with Gasteiger partial charge in [0.25, 0.3) is 0 Å². The third-order valence-electron chi connectivity index (χ3n) is 3.77. The Kier molecular flexibility index (Phi) is 4.69. The van der Waals surface area contributed by atoms with Gasteiger partial charge in [0.1, 0.15) is 0 Å². The van der Waals surface area contributed by atoms with Gasteiger partial charge in [-0.15, -0.1) is 6.42 Å². The summed E-state index contributed by atoms with van der Waals surface area (Å²) >= 11 is 6.18. The fourth-order valence-corrected chi connectivity index (χ4v) is 2.92. The van der Waals surface area contributed by atoms with Gasteiger partial charge in [0.05, 0.1) is 12.1 Å². The Balaban J connectivity index is 2.03. The van der Waals surface area contributed by atoms with E-state index in [-0.39, 0.29) is 24.0 Å². The number of aliphatic hydroxyl groups excluding tert-OH is 1. The molecule has 2 N–H and O–H groups in total. The van der Waals surface area contributed by atoms with Crippen LogP contribution in [0.2, 0.25) is 5.02 Å². The molecule has 0 spiro atoms. The van der Waals surface area contributed by atoms with Crippen molar-refractivity contribution < 1.29 is 9.90 Å². The molecular weight excluding hydrogens is 274 g/mol. The minimum atomic E-state index is -0.348. The molecule has 1 aliphatic carbocycles. The predicted molar refractivity (Wildman–Crippen MR) is 79.3 cm³/mol. The Morgan fingerprint density at radius 3 is 2.85 bits per heavy atom. The van der Waals surface area contributed by atoms with Crippen LogP contribution < -0.4 is 5.32 Å². The van der Waals surface area contributed by atoms with Crippen LogP contribution in [-0.4, -0.2) is 17.1 Å². The lowest BCUT2D eigenvalue weighted by Gasteiger charge is -2.18. The molecule has 1 saturated carbocycles. The van der Waals surface area contributed by atoms with E-state index in [0.29, 0.717) is 17.9 Å². The lowest BCUT2D eigenvalue weighted by molar-refractivity contribution is -0.125. The molecule has 1 fully saturated rings. The van der Waals surface area contributed by atoms with Crippen molar-refractivity contribution in [2.75, 3.05) is 0 Å². The van der Waals surface area contributed by atoms with E-state index in [4.69, 9.17) is 18.0 Å². The Bertz CT molecular complexity index is 550. The number of rotatable bonds is 3. The van der Waals surface area contributed by atoms with Crippen LogP contribution in [0.4, 0.5) is 0 Å². The van der Waals surface area contributed by atoms with E-state index in [1.165, 1.54) is 0 Å². The van der Waals surface area contributed by atoms with E-state index in [1.807, 2.05) is 19.1 Å². The molecular formula is C16H18ClNO2. The van der Waals surface area contributed by atoms with Crippen LogP contribution in [0.1, 0.15) is 43.4 Å². The first-order chi connectivity index (χ1) is 9.51. The summed E-state index contributed by atoms with van der Waals surface area (Å²) < 4.78 is 0. The average Bonchev–Trinajstić information content (AvgIpc) is 2.85. The molecule has 4 heteroatoms. The van der Waals surface area contributed by atoms with Gasteiger partial charge in [-0.05, 0) is 43.9 Å². The number of terminal acetylenes is 1. The SMILES string of the molecule is C#Cc1ccc([C@H](C)NC(=O)[C@H]2CC[C@H](O)C2)c(Cl)c1. The molecule has 1 aliphatic rings. The Morgan fingerprint density at radius 2 is 2.30 bits per heavy atom. The summed E-state index contributed by atoms with van der Waals surface area (Å²) in [7, 11) is 0. The Hall–Kier alpha value is -1.50. The lowest BCUT2D eigenvalue weighted by atomic mass is 10.0. The average molecular weight is 292 g/mol. The minimum absolute atomic E-state index is 0.0221. The molecule has 0 bridgehead atoms. The van der Waals surface area contributed by atoms with Crippen molar-refractivity contribution in [2.45, 2.75) is 38.3 Å². The standard InChI is InChI=1S/C16H18ClNO2/c1-3-11-4-7-14(15(17)8-11)10(2)18-16(20)12-5-6-13(19)9-12/h1,4,7-8,10,12-13,19H,5-6,9H2,2H3,(H,18,20)/t10-,12-,13-/m0/s1. The monoisotopic (exact) mass is 291 g/mol. The van der Waals surface area contributed by atoms with E-state index in [1.54, 1.807) is 6.07 Å². The predicted octanol–water partition coefficient (Wildman–Crippen LogP) is 2.66. The highest BCUT2D eigenvalue weighted by Crippen LogP contribution is 2.28. The molecule has 1 aromatic carbocycles. The van der Waals surface area contributed by atoms with Crippen molar-refractivity contribution >= 4 is 17.5 Å². The molecule has 3 nitrogen and oxygen atoms in total. The molecule has 20 heavy (non-hydrogen) atoms. The first kappa shape index (κ1) is 14.9. The summed E-state index contributed by atoms with van der Waals surface area (Å²) in [5.74, 6) is 2.40. The van der Waals surface area contributed by atoms with Crippen LogP contribution in [-0.2, 0) is 4.79 Å². The maximum atomic E-state index is 12.1. The molecule has 0 aromatic heterocycles. The first-order valence-electron chi connectivity index (χ1n) is 6.75. The normalized spacial score (nSPS) is 23.1. The molecule has 1 amide bonds.